The Labute approximate surface area is 119 Å². The summed E-state index contributed by atoms with van der Waals surface area (Å²) in [7, 11) is 1.99. The fourth-order valence-corrected chi connectivity index (χ4v) is 3.39. The summed E-state index contributed by atoms with van der Waals surface area (Å²) < 4.78 is 15.5. The number of piperidine rings is 1. The van der Waals surface area contributed by atoms with E-state index in [1.165, 1.54) is 18.9 Å². The van der Waals surface area contributed by atoms with E-state index in [0.29, 0.717) is 5.92 Å². The van der Waals surface area contributed by atoms with Gasteiger partial charge in [0.05, 0.1) is 11.0 Å². The Morgan fingerprint density at radius 1 is 1.40 bits per heavy atom. The fraction of sp³-hybridized carbons (Fsp3) is 0.562. The maximum atomic E-state index is 13.4. The molecule has 0 radical (unpaired) electrons. The van der Waals surface area contributed by atoms with Gasteiger partial charge in [0.2, 0.25) is 0 Å². The number of halogens is 1. The molecule has 3 nitrogen and oxygen atoms in total. The van der Waals surface area contributed by atoms with Crippen molar-refractivity contribution in [3.63, 3.8) is 0 Å². The number of aromatic nitrogens is 2. The van der Waals surface area contributed by atoms with Gasteiger partial charge in [0, 0.05) is 12.5 Å². The first kappa shape index (κ1) is 13.6. The first-order valence-electron chi connectivity index (χ1n) is 7.33. The van der Waals surface area contributed by atoms with Crippen LogP contribution in [-0.2, 0) is 12.5 Å². The van der Waals surface area contributed by atoms with E-state index in [9.17, 15) is 4.39 Å². The predicted molar refractivity (Wildman–Crippen MR) is 79.3 cm³/mol. The van der Waals surface area contributed by atoms with Crippen LogP contribution in [0.15, 0.2) is 18.2 Å². The molecule has 3 rings (SSSR count). The molecule has 2 heterocycles. The first-order valence-corrected chi connectivity index (χ1v) is 7.33. The van der Waals surface area contributed by atoms with Gasteiger partial charge in [0.15, 0.2) is 0 Å². The summed E-state index contributed by atoms with van der Waals surface area (Å²) in [5.41, 5.74) is 1.73. The van der Waals surface area contributed by atoms with Crippen molar-refractivity contribution in [1.82, 2.24) is 14.9 Å². The third-order valence-corrected chi connectivity index (χ3v) is 4.74. The molecule has 1 atom stereocenters. The summed E-state index contributed by atoms with van der Waals surface area (Å²) >= 11 is 0. The van der Waals surface area contributed by atoms with Gasteiger partial charge in [0.1, 0.15) is 11.6 Å². The summed E-state index contributed by atoms with van der Waals surface area (Å²) in [6.07, 6.45) is 2.43. The first-order chi connectivity index (χ1) is 9.50. The molecule has 1 saturated heterocycles. The van der Waals surface area contributed by atoms with Gasteiger partial charge in [0.25, 0.3) is 0 Å². The number of hydrogen-bond acceptors (Lipinski definition) is 2. The lowest BCUT2D eigenvalue weighted by Crippen LogP contribution is -2.42. The van der Waals surface area contributed by atoms with Gasteiger partial charge in [-0.25, -0.2) is 9.37 Å². The number of hydrogen-bond donors (Lipinski definition) is 1. The van der Waals surface area contributed by atoms with Crippen molar-refractivity contribution in [3.8, 4) is 0 Å². The monoisotopic (exact) mass is 275 g/mol. The highest BCUT2D eigenvalue weighted by Gasteiger charge is 2.36. The zero-order valence-corrected chi connectivity index (χ0v) is 12.4. The van der Waals surface area contributed by atoms with Crippen molar-refractivity contribution in [2.45, 2.75) is 32.1 Å². The molecular weight excluding hydrogens is 253 g/mol. The van der Waals surface area contributed by atoms with Crippen molar-refractivity contribution < 1.29 is 4.39 Å². The Hall–Kier alpha value is -1.42. The van der Waals surface area contributed by atoms with Crippen molar-refractivity contribution in [3.05, 3.63) is 29.8 Å². The van der Waals surface area contributed by atoms with E-state index in [4.69, 9.17) is 4.98 Å². The molecule has 4 heteroatoms. The zero-order valence-electron chi connectivity index (χ0n) is 12.4. The van der Waals surface area contributed by atoms with Gasteiger partial charge in [-0.3, -0.25) is 0 Å². The predicted octanol–water partition coefficient (Wildman–Crippen LogP) is 2.99. The van der Waals surface area contributed by atoms with E-state index < -0.39 is 0 Å². The molecule has 1 aliphatic rings. The SMILES string of the molecule is Cn1c(C(C)(C)C2CCCNC2)nc2ccc(F)cc21. The maximum absolute atomic E-state index is 13.4. The summed E-state index contributed by atoms with van der Waals surface area (Å²) in [6.45, 7) is 6.65. The summed E-state index contributed by atoms with van der Waals surface area (Å²) in [4.78, 5) is 4.77. The molecule has 1 aromatic carbocycles. The highest BCUT2D eigenvalue weighted by atomic mass is 19.1. The molecule has 2 aromatic rings. The Morgan fingerprint density at radius 2 is 2.20 bits per heavy atom. The van der Waals surface area contributed by atoms with Crippen molar-refractivity contribution >= 4 is 11.0 Å². The van der Waals surface area contributed by atoms with E-state index in [2.05, 4.69) is 19.2 Å². The van der Waals surface area contributed by atoms with Crippen LogP contribution in [-0.4, -0.2) is 22.6 Å². The highest BCUT2D eigenvalue weighted by molar-refractivity contribution is 5.76. The number of benzene rings is 1. The Morgan fingerprint density at radius 3 is 2.90 bits per heavy atom. The molecule has 0 spiro atoms. The molecule has 1 fully saturated rings. The number of rotatable bonds is 2. The molecule has 108 valence electrons. The third-order valence-electron chi connectivity index (χ3n) is 4.74. The van der Waals surface area contributed by atoms with Gasteiger partial charge in [-0.05, 0) is 50.0 Å². The number of imidazole rings is 1. The molecule has 0 bridgehead atoms. The Balaban J connectivity index is 2.06. The highest BCUT2D eigenvalue weighted by Crippen LogP contribution is 2.36. The van der Waals surface area contributed by atoms with Crippen LogP contribution < -0.4 is 5.32 Å². The van der Waals surface area contributed by atoms with Gasteiger partial charge in [-0.15, -0.1) is 0 Å². The van der Waals surface area contributed by atoms with Crippen LogP contribution in [0.5, 0.6) is 0 Å². The minimum absolute atomic E-state index is 0.0162. The molecule has 1 N–H and O–H groups in total. The van der Waals surface area contributed by atoms with Gasteiger partial charge in [-0.2, -0.15) is 0 Å². The molecule has 1 aromatic heterocycles. The average Bonchev–Trinajstić information content (AvgIpc) is 2.78. The molecule has 20 heavy (non-hydrogen) atoms. The van der Waals surface area contributed by atoms with Gasteiger partial charge in [-0.1, -0.05) is 13.8 Å². The third kappa shape index (κ3) is 2.12. The van der Waals surface area contributed by atoms with Gasteiger partial charge >= 0.3 is 0 Å². The molecule has 1 aliphatic heterocycles. The lowest BCUT2D eigenvalue weighted by atomic mass is 9.74. The smallest absolute Gasteiger partial charge is 0.125 e. The molecule has 0 aliphatic carbocycles. The molecule has 0 amide bonds. The van der Waals surface area contributed by atoms with Crippen LogP contribution in [0.2, 0.25) is 0 Å². The zero-order chi connectivity index (χ0) is 14.3. The summed E-state index contributed by atoms with van der Waals surface area (Å²) in [6, 6.07) is 4.82. The van der Waals surface area contributed by atoms with Crippen molar-refractivity contribution in [2.75, 3.05) is 13.1 Å². The second-order valence-corrected chi connectivity index (χ2v) is 6.39. The number of aryl methyl sites for hydroxylation is 1. The van der Waals surface area contributed by atoms with E-state index in [-0.39, 0.29) is 11.2 Å². The number of nitrogens with one attached hydrogen (secondary N) is 1. The van der Waals surface area contributed by atoms with E-state index in [1.807, 2.05) is 11.6 Å². The van der Waals surface area contributed by atoms with Crippen LogP contribution >= 0.6 is 0 Å². The normalized spacial score (nSPS) is 20.5. The standard InChI is InChI=1S/C16H22FN3/c1-16(2,11-5-4-8-18-10-11)15-19-13-7-6-12(17)9-14(13)20(15)3/h6-7,9,11,18H,4-5,8,10H2,1-3H3. The second-order valence-electron chi connectivity index (χ2n) is 6.39. The van der Waals surface area contributed by atoms with Crippen LogP contribution in [0.3, 0.4) is 0 Å². The summed E-state index contributed by atoms with van der Waals surface area (Å²) in [5, 5.41) is 3.48. The Bertz CT molecular complexity index is 624. The van der Waals surface area contributed by atoms with Crippen molar-refractivity contribution in [1.29, 1.82) is 0 Å². The lowest BCUT2D eigenvalue weighted by molar-refractivity contribution is 0.238. The van der Waals surface area contributed by atoms with E-state index in [1.54, 1.807) is 12.1 Å². The maximum Gasteiger partial charge on any atom is 0.125 e. The van der Waals surface area contributed by atoms with Crippen LogP contribution in [0.4, 0.5) is 4.39 Å². The molecular formula is C16H22FN3. The second kappa shape index (κ2) is 4.85. The van der Waals surface area contributed by atoms with Gasteiger partial charge < -0.3 is 9.88 Å². The molecule has 1 unspecified atom stereocenters. The Kier molecular flexibility index (Phi) is 3.28. The lowest BCUT2D eigenvalue weighted by Gasteiger charge is -2.36. The topological polar surface area (TPSA) is 29.9 Å². The van der Waals surface area contributed by atoms with Crippen molar-refractivity contribution in [2.24, 2.45) is 13.0 Å². The van der Waals surface area contributed by atoms with Crippen LogP contribution in [0.25, 0.3) is 11.0 Å². The number of fused-ring (bicyclic) bond motifs is 1. The molecule has 0 saturated carbocycles. The van der Waals surface area contributed by atoms with E-state index >= 15 is 0 Å². The summed E-state index contributed by atoms with van der Waals surface area (Å²) in [5.74, 6) is 1.41. The quantitative estimate of drug-likeness (QED) is 0.913. The van der Waals surface area contributed by atoms with Crippen LogP contribution in [0, 0.1) is 11.7 Å². The average molecular weight is 275 g/mol. The number of nitrogens with zero attached hydrogens (tertiary/aromatic N) is 2. The van der Waals surface area contributed by atoms with E-state index in [0.717, 1.165) is 29.9 Å². The minimum Gasteiger partial charge on any atom is -0.331 e. The minimum atomic E-state index is -0.204. The largest absolute Gasteiger partial charge is 0.331 e. The fourth-order valence-electron chi connectivity index (χ4n) is 3.39. The van der Waals surface area contributed by atoms with Crippen LogP contribution in [0.1, 0.15) is 32.5 Å².